The van der Waals surface area contributed by atoms with E-state index in [1.165, 1.54) is 0 Å². The molecule has 0 radical (unpaired) electrons. The van der Waals surface area contributed by atoms with Gasteiger partial charge in [-0.25, -0.2) is 0 Å². The van der Waals surface area contributed by atoms with E-state index in [9.17, 15) is 0 Å². The van der Waals surface area contributed by atoms with Gasteiger partial charge in [-0.1, -0.05) is 0 Å². The molecule has 0 aliphatic rings. The Labute approximate surface area is 108 Å². The zero-order valence-electron chi connectivity index (χ0n) is 11.2. The topological polar surface area (TPSA) is 30.3 Å². The lowest BCUT2D eigenvalue weighted by Crippen LogP contribution is -2.29. The second-order valence-corrected chi connectivity index (χ2v) is 4.19. The van der Waals surface area contributed by atoms with Gasteiger partial charge in [0, 0.05) is 32.3 Å². The lowest BCUT2D eigenvalue weighted by Gasteiger charge is -2.24. The van der Waals surface area contributed by atoms with Crippen molar-refractivity contribution in [3.63, 3.8) is 0 Å². The summed E-state index contributed by atoms with van der Waals surface area (Å²) in [4.78, 5) is 2.26. The molecule has 4 nitrogen and oxygen atoms in total. The molecule has 0 saturated heterocycles. The zero-order chi connectivity index (χ0) is 12.8. The minimum atomic E-state index is 0.500. The lowest BCUT2D eigenvalue weighted by atomic mass is 10.2. The normalized spacial score (nSPS) is 10.9. The number of rotatable bonds is 7. The maximum Gasteiger partial charge on any atom is 0.131 e. The van der Waals surface area contributed by atoms with Crippen LogP contribution in [-0.2, 0) is 17.7 Å². The van der Waals surface area contributed by atoms with Crippen molar-refractivity contribution in [1.29, 1.82) is 0 Å². The summed E-state index contributed by atoms with van der Waals surface area (Å²) < 4.78 is 7.31. The first-order valence-corrected chi connectivity index (χ1v) is 6.60. The molecular weight excluding hydrogens is 238 g/mol. The van der Waals surface area contributed by atoms with E-state index in [1.54, 1.807) is 0 Å². The molecule has 1 aromatic rings. The van der Waals surface area contributed by atoms with E-state index in [2.05, 4.69) is 16.9 Å². The van der Waals surface area contributed by atoms with E-state index < -0.39 is 0 Å². The van der Waals surface area contributed by atoms with Crippen LogP contribution in [-0.4, -0.2) is 36.1 Å². The third kappa shape index (κ3) is 3.36. The average molecular weight is 260 g/mol. The van der Waals surface area contributed by atoms with Gasteiger partial charge in [-0.2, -0.15) is 5.10 Å². The van der Waals surface area contributed by atoms with Crippen LogP contribution in [0.15, 0.2) is 0 Å². The number of alkyl halides is 1. The highest BCUT2D eigenvalue weighted by atomic mass is 35.5. The smallest absolute Gasteiger partial charge is 0.131 e. The molecule has 98 valence electrons. The molecule has 0 aliphatic heterocycles. The number of halogens is 1. The van der Waals surface area contributed by atoms with Crippen LogP contribution in [0.2, 0.25) is 0 Å². The van der Waals surface area contributed by atoms with Crippen molar-refractivity contribution in [3.05, 3.63) is 11.3 Å². The number of ether oxygens (including phenoxy) is 1. The summed E-state index contributed by atoms with van der Waals surface area (Å²) in [6.45, 7) is 9.42. The summed E-state index contributed by atoms with van der Waals surface area (Å²) in [6, 6.07) is 0. The van der Waals surface area contributed by atoms with Gasteiger partial charge in [0.1, 0.15) is 5.82 Å². The quantitative estimate of drug-likeness (QED) is 0.556. The summed E-state index contributed by atoms with van der Waals surface area (Å²) in [5.41, 5.74) is 2.12. The molecule has 0 amide bonds. The molecule has 1 aromatic heterocycles. The Kier molecular flexibility index (Phi) is 5.78. The Morgan fingerprint density at radius 3 is 2.65 bits per heavy atom. The number of aromatic nitrogens is 2. The Morgan fingerprint density at radius 1 is 1.41 bits per heavy atom. The van der Waals surface area contributed by atoms with Gasteiger partial charge in [0.25, 0.3) is 0 Å². The molecule has 0 unspecified atom stereocenters. The maximum atomic E-state index is 6.00. The van der Waals surface area contributed by atoms with Crippen molar-refractivity contribution in [2.75, 3.05) is 31.2 Å². The van der Waals surface area contributed by atoms with Gasteiger partial charge in [0.15, 0.2) is 0 Å². The molecule has 0 fully saturated rings. The number of hydrogen-bond donors (Lipinski definition) is 0. The van der Waals surface area contributed by atoms with Crippen molar-refractivity contribution in [2.45, 2.75) is 26.7 Å². The summed E-state index contributed by atoms with van der Waals surface area (Å²) in [5, 5.41) is 4.43. The van der Waals surface area contributed by atoms with Crippen molar-refractivity contribution in [3.8, 4) is 0 Å². The van der Waals surface area contributed by atoms with Crippen LogP contribution in [0, 0.1) is 6.92 Å². The molecular formula is C12H22ClN3O. The minimum Gasteiger partial charge on any atom is -0.380 e. The highest BCUT2D eigenvalue weighted by Gasteiger charge is 2.17. The third-order valence-electron chi connectivity index (χ3n) is 2.84. The predicted molar refractivity (Wildman–Crippen MR) is 71.9 cm³/mol. The fraction of sp³-hybridized carbons (Fsp3) is 0.750. The number of aryl methyl sites for hydroxylation is 2. The van der Waals surface area contributed by atoms with Crippen LogP contribution in [0.25, 0.3) is 0 Å². The Balaban J connectivity index is 2.86. The number of hydrogen-bond acceptors (Lipinski definition) is 3. The number of nitrogens with zero attached hydrogens (tertiary/aromatic N) is 3. The lowest BCUT2D eigenvalue weighted by molar-refractivity contribution is 0.153. The van der Waals surface area contributed by atoms with E-state index >= 15 is 0 Å². The molecule has 0 aliphatic carbocycles. The Bertz CT molecular complexity index is 352. The fourth-order valence-corrected chi connectivity index (χ4v) is 2.29. The highest BCUT2D eigenvalue weighted by Crippen LogP contribution is 2.24. The van der Waals surface area contributed by atoms with Crippen LogP contribution in [0.3, 0.4) is 0 Å². The van der Waals surface area contributed by atoms with Crippen molar-refractivity contribution in [2.24, 2.45) is 7.05 Å². The first-order chi connectivity index (χ1) is 8.15. The zero-order valence-corrected chi connectivity index (χ0v) is 11.9. The SMILES string of the molecule is CCOCCN(CC)c1c(CCl)c(C)nn1C. The molecule has 0 N–H and O–H groups in total. The molecule has 5 heteroatoms. The molecule has 0 aromatic carbocycles. The monoisotopic (exact) mass is 259 g/mol. The van der Waals surface area contributed by atoms with Gasteiger partial charge < -0.3 is 9.64 Å². The molecule has 0 spiro atoms. The van der Waals surface area contributed by atoms with Gasteiger partial charge in [-0.05, 0) is 20.8 Å². The van der Waals surface area contributed by atoms with Crippen LogP contribution in [0.4, 0.5) is 5.82 Å². The van der Waals surface area contributed by atoms with Gasteiger partial charge in [-0.3, -0.25) is 4.68 Å². The summed E-state index contributed by atoms with van der Waals surface area (Å²) >= 11 is 6.00. The predicted octanol–water partition coefficient (Wildman–Crippen LogP) is 2.33. The molecule has 17 heavy (non-hydrogen) atoms. The molecule has 1 rings (SSSR count). The van der Waals surface area contributed by atoms with Crippen molar-refractivity contribution < 1.29 is 4.74 Å². The van der Waals surface area contributed by atoms with Gasteiger partial charge in [0.05, 0.1) is 18.2 Å². The van der Waals surface area contributed by atoms with E-state index in [0.717, 1.165) is 43.4 Å². The second kappa shape index (κ2) is 6.87. The molecule has 1 heterocycles. The maximum absolute atomic E-state index is 6.00. The van der Waals surface area contributed by atoms with E-state index in [0.29, 0.717) is 5.88 Å². The third-order valence-corrected chi connectivity index (χ3v) is 3.10. The Hall–Kier alpha value is -0.740. The second-order valence-electron chi connectivity index (χ2n) is 3.92. The summed E-state index contributed by atoms with van der Waals surface area (Å²) in [7, 11) is 1.96. The van der Waals surface area contributed by atoms with E-state index in [-0.39, 0.29) is 0 Å². The van der Waals surface area contributed by atoms with Gasteiger partial charge >= 0.3 is 0 Å². The minimum absolute atomic E-state index is 0.500. The number of anilines is 1. The Morgan fingerprint density at radius 2 is 2.12 bits per heavy atom. The average Bonchev–Trinajstić information content (AvgIpc) is 2.59. The van der Waals surface area contributed by atoms with E-state index in [1.807, 2.05) is 25.6 Å². The fourth-order valence-electron chi connectivity index (χ4n) is 1.97. The van der Waals surface area contributed by atoms with Crippen molar-refractivity contribution >= 4 is 17.4 Å². The molecule has 0 saturated carbocycles. The standard InChI is InChI=1S/C12H22ClN3O/c1-5-16(7-8-17-6-2)12-11(9-13)10(3)14-15(12)4/h5-9H2,1-4H3. The van der Waals surface area contributed by atoms with Crippen LogP contribution >= 0.6 is 11.6 Å². The summed E-state index contributed by atoms with van der Waals surface area (Å²) in [6.07, 6.45) is 0. The van der Waals surface area contributed by atoms with Crippen LogP contribution in [0.1, 0.15) is 25.1 Å². The van der Waals surface area contributed by atoms with Crippen LogP contribution in [0.5, 0.6) is 0 Å². The van der Waals surface area contributed by atoms with Gasteiger partial charge in [-0.15, -0.1) is 11.6 Å². The first kappa shape index (κ1) is 14.3. The highest BCUT2D eigenvalue weighted by molar-refractivity contribution is 6.17. The van der Waals surface area contributed by atoms with Gasteiger partial charge in [0.2, 0.25) is 0 Å². The van der Waals surface area contributed by atoms with E-state index in [4.69, 9.17) is 16.3 Å². The summed E-state index contributed by atoms with van der Waals surface area (Å²) in [5.74, 6) is 1.61. The molecule has 0 bridgehead atoms. The largest absolute Gasteiger partial charge is 0.380 e. The van der Waals surface area contributed by atoms with Crippen LogP contribution < -0.4 is 4.90 Å². The number of likely N-dealkylation sites (N-methyl/N-ethyl adjacent to an activating group) is 1. The molecule has 0 atom stereocenters. The first-order valence-electron chi connectivity index (χ1n) is 6.06. The van der Waals surface area contributed by atoms with Crippen molar-refractivity contribution in [1.82, 2.24) is 9.78 Å².